The fraction of sp³-hybridized carbons (Fsp3) is 0.600. The Morgan fingerprint density at radius 3 is 3.00 bits per heavy atom. The Hall–Kier alpha value is -1.10. The smallest absolute Gasteiger partial charge is 0.166 e. The van der Waals surface area contributed by atoms with Gasteiger partial charge in [-0.05, 0) is 25.1 Å². The van der Waals surface area contributed by atoms with Crippen LogP contribution in [0.1, 0.15) is 31.2 Å². The predicted molar refractivity (Wildman–Crippen MR) is 63.4 cm³/mol. The van der Waals surface area contributed by atoms with Crippen LogP contribution in [0.2, 0.25) is 0 Å². The van der Waals surface area contributed by atoms with Crippen molar-refractivity contribution in [1.82, 2.24) is 20.8 Å². The van der Waals surface area contributed by atoms with Crippen molar-refractivity contribution in [3.8, 4) is 0 Å². The van der Waals surface area contributed by atoms with Gasteiger partial charge in [-0.25, -0.2) is 0 Å². The molecule has 1 heterocycles. The van der Waals surface area contributed by atoms with Gasteiger partial charge in [-0.1, -0.05) is 12.8 Å². The lowest BCUT2D eigenvalue weighted by atomic mass is 10.2. The number of hydrogen-bond acceptors (Lipinski definition) is 2. The minimum Gasteiger partial charge on any atom is -0.360 e. The SMILES string of the molecule is S=C(NCc1cn[nH]c1)NC1CCCC1. The average molecular weight is 224 g/mol. The Morgan fingerprint density at radius 1 is 1.53 bits per heavy atom. The van der Waals surface area contributed by atoms with Gasteiger partial charge < -0.3 is 10.6 Å². The summed E-state index contributed by atoms with van der Waals surface area (Å²) in [6.07, 6.45) is 8.79. The van der Waals surface area contributed by atoms with E-state index in [0.29, 0.717) is 6.04 Å². The molecule has 1 aliphatic rings. The number of thiocarbonyl (C=S) groups is 1. The van der Waals surface area contributed by atoms with E-state index in [4.69, 9.17) is 12.2 Å². The van der Waals surface area contributed by atoms with Crippen LogP contribution < -0.4 is 10.6 Å². The van der Waals surface area contributed by atoms with Crippen molar-refractivity contribution >= 4 is 17.3 Å². The summed E-state index contributed by atoms with van der Waals surface area (Å²) >= 11 is 5.21. The lowest BCUT2D eigenvalue weighted by Crippen LogP contribution is -2.40. The van der Waals surface area contributed by atoms with Crippen molar-refractivity contribution in [2.75, 3.05) is 0 Å². The highest BCUT2D eigenvalue weighted by molar-refractivity contribution is 7.80. The molecular weight excluding hydrogens is 208 g/mol. The van der Waals surface area contributed by atoms with Crippen molar-refractivity contribution in [2.45, 2.75) is 38.3 Å². The van der Waals surface area contributed by atoms with E-state index in [-0.39, 0.29) is 0 Å². The van der Waals surface area contributed by atoms with Crippen LogP contribution in [0.3, 0.4) is 0 Å². The summed E-state index contributed by atoms with van der Waals surface area (Å²) in [7, 11) is 0. The molecule has 1 aromatic heterocycles. The van der Waals surface area contributed by atoms with E-state index in [0.717, 1.165) is 17.2 Å². The number of rotatable bonds is 3. The van der Waals surface area contributed by atoms with E-state index >= 15 is 0 Å². The highest BCUT2D eigenvalue weighted by Gasteiger charge is 2.15. The van der Waals surface area contributed by atoms with Crippen LogP contribution in [0.4, 0.5) is 0 Å². The molecule has 15 heavy (non-hydrogen) atoms. The maximum atomic E-state index is 5.21. The van der Waals surface area contributed by atoms with Gasteiger partial charge >= 0.3 is 0 Å². The molecule has 0 atom stereocenters. The first-order valence-corrected chi connectivity index (χ1v) is 5.77. The number of H-pyrrole nitrogens is 1. The second kappa shape index (κ2) is 5.11. The van der Waals surface area contributed by atoms with E-state index in [1.165, 1.54) is 25.7 Å². The van der Waals surface area contributed by atoms with Crippen LogP contribution >= 0.6 is 12.2 Å². The molecule has 0 radical (unpaired) electrons. The summed E-state index contributed by atoms with van der Waals surface area (Å²) in [5, 5.41) is 13.9. The Kier molecular flexibility index (Phi) is 3.55. The summed E-state index contributed by atoms with van der Waals surface area (Å²) < 4.78 is 0. The third-order valence-corrected chi connectivity index (χ3v) is 2.96. The first-order valence-electron chi connectivity index (χ1n) is 5.36. The fourth-order valence-electron chi connectivity index (χ4n) is 1.86. The molecule has 0 spiro atoms. The van der Waals surface area contributed by atoms with E-state index in [1.54, 1.807) is 6.20 Å². The van der Waals surface area contributed by atoms with Crippen LogP contribution in [0.25, 0.3) is 0 Å². The molecule has 3 N–H and O–H groups in total. The molecule has 1 saturated carbocycles. The number of aromatic amines is 1. The van der Waals surface area contributed by atoms with Crippen molar-refractivity contribution < 1.29 is 0 Å². The molecule has 4 nitrogen and oxygen atoms in total. The van der Waals surface area contributed by atoms with Gasteiger partial charge in [0, 0.05) is 24.3 Å². The average Bonchev–Trinajstić information content (AvgIpc) is 2.86. The van der Waals surface area contributed by atoms with Crippen LogP contribution in [0.15, 0.2) is 12.4 Å². The van der Waals surface area contributed by atoms with Crippen molar-refractivity contribution in [3.63, 3.8) is 0 Å². The Labute approximate surface area is 94.8 Å². The molecule has 0 amide bonds. The zero-order chi connectivity index (χ0) is 10.5. The van der Waals surface area contributed by atoms with Gasteiger partial charge in [0.1, 0.15) is 0 Å². The van der Waals surface area contributed by atoms with Gasteiger partial charge in [0.05, 0.1) is 6.20 Å². The van der Waals surface area contributed by atoms with Gasteiger partial charge in [0.15, 0.2) is 5.11 Å². The standard InChI is InChI=1S/C10H16N4S/c15-10(14-9-3-1-2-4-9)11-5-8-6-12-13-7-8/h6-7,9H,1-5H2,(H,12,13)(H2,11,14,15). The lowest BCUT2D eigenvalue weighted by Gasteiger charge is -2.15. The Balaban J connectivity index is 1.68. The largest absolute Gasteiger partial charge is 0.360 e. The summed E-state index contributed by atoms with van der Waals surface area (Å²) in [6.45, 7) is 0.731. The number of aromatic nitrogens is 2. The second-order valence-corrected chi connectivity index (χ2v) is 4.32. The number of hydrogen-bond donors (Lipinski definition) is 3. The predicted octanol–water partition coefficient (Wildman–Crippen LogP) is 1.32. The highest BCUT2D eigenvalue weighted by Crippen LogP contribution is 2.17. The Bertz CT molecular complexity index is 303. The van der Waals surface area contributed by atoms with Gasteiger partial charge in [0.2, 0.25) is 0 Å². The third kappa shape index (κ3) is 3.20. The molecule has 1 fully saturated rings. The van der Waals surface area contributed by atoms with Gasteiger partial charge in [-0.15, -0.1) is 0 Å². The van der Waals surface area contributed by atoms with E-state index in [9.17, 15) is 0 Å². The molecule has 0 aromatic carbocycles. The van der Waals surface area contributed by atoms with Crippen molar-refractivity contribution in [1.29, 1.82) is 0 Å². The summed E-state index contributed by atoms with van der Waals surface area (Å²) in [5.41, 5.74) is 1.12. The third-order valence-electron chi connectivity index (χ3n) is 2.70. The molecule has 5 heteroatoms. The van der Waals surface area contributed by atoms with Gasteiger partial charge in [0.25, 0.3) is 0 Å². The normalized spacial score (nSPS) is 16.5. The van der Waals surface area contributed by atoms with E-state index in [1.807, 2.05) is 6.20 Å². The molecule has 0 saturated heterocycles. The van der Waals surface area contributed by atoms with E-state index < -0.39 is 0 Å². The molecule has 0 unspecified atom stereocenters. The molecule has 0 bridgehead atoms. The van der Waals surface area contributed by atoms with Crippen LogP contribution in [0, 0.1) is 0 Å². The molecule has 1 aliphatic carbocycles. The summed E-state index contributed by atoms with van der Waals surface area (Å²) in [4.78, 5) is 0. The molecule has 2 rings (SSSR count). The zero-order valence-electron chi connectivity index (χ0n) is 8.62. The number of nitrogens with zero attached hydrogens (tertiary/aromatic N) is 1. The molecule has 82 valence electrons. The van der Waals surface area contributed by atoms with Gasteiger partial charge in [-0.3, -0.25) is 5.10 Å². The highest BCUT2D eigenvalue weighted by atomic mass is 32.1. The quantitative estimate of drug-likeness (QED) is 0.678. The first-order chi connectivity index (χ1) is 7.34. The first kappa shape index (κ1) is 10.4. The van der Waals surface area contributed by atoms with Crippen LogP contribution in [-0.4, -0.2) is 21.4 Å². The van der Waals surface area contributed by atoms with Gasteiger partial charge in [-0.2, -0.15) is 5.10 Å². The lowest BCUT2D eigenvalue weighted by molar-refractivity contribution is 0.621. The maximum Gasteiger partial charge on any atom is 0.166 e. The maximum absolute atomic E-state index is 5.21. The van der Waals surface area contributed by atoms with Crippen molar-refractivity contribution in [3.05, 3.63) is 18.0 Å². The second-order valence-electron chi connectivity index (χ2n) is 3.91. The van der Waals surface area contributed by atoms with Crippen LogP contribution in [0.5, 0.6) is 0 Å². The minimum absolute atomic E-state index is 0.578. The molecule has 1 aromatic rings. The fourth-order valence-corrected chi connectivity index (χ4v) is 2.10. The monoisotopic (exact) mass is 224 g/mol. The van der Waals surface area contributed by atoms with Crippen LogP contribution in [-0.2, 0) is 6.54 Å². The molecular formula is C10H16N4S. The van der Waals surface area contributed by atoms with Crippen molar-refractivity contribution in [2.24, 2.45) is 0 Å². The summed E-state index contributed by atoms with van der Waals surface area (Å²) in [6, 6.07) is 0.578. The topological polar surface area (TPSA) is 52.7 Å². The zero-order valence-corrected chi connectivity index (χ0v) is 9.44. The summed E-state index contributed by atoms with van der Waals surface area (Å²) in [5.74, 6) is 0. The Morgan fingerprint density at radius 2 is 2.33 bits per heavy atom. The molecule has 0 aliphatic heterocycles. The minimum atomic E-state index is 0.578. The van der Waals surface area contributed by atoms with E-state index in [2.05, 4.69) is 20.8 Å². The number of nitrogens with one attached hydrogen (secondary N) is 3.